The molecular formula is C10H21O2. The normalized spacial score (nSPS) is 10.5. The van der Waals surface area contributed by atoms with Crippen molar-refractivity contribution in [2.24, 2.45) is 0 Å². The van der Waals surface area contributed by atoms with E-state index in [2.05, 4.69) is 6.92 Å². The Morgan fingerprint density at radius 3 is 2.67 bits per heavy atom. The molecule has 0 heterocycles. The molecule has 0 saturated carbocycles. The van der Waals surface area contributed by atoms with E-state index in [0.29, 0.717) is 6.61 Å². The van der Waals surface area contributed by atoms with E-state index < -0.39 is 0 Å². The molecule has 0 aliphatic carbocycles. The van der Waals surface area contributed by atoms with Crippen molar-refractivity contribution < 1.29 is 9.84 Å². The van der Waals surface area contributed by atoms with Gasteiger partial charge in [0.25, 0.3) is 0 Å². The molecule has 0 aromatic heterocycles. The maximum atomic E-state index is 8.48. The summed E-state index contributed by atoms with van der Waals surface area (Å²) in [7, 11) is 0. The first-order valence-corrected chi connectivity index (χ1v) is 4.96. The summed E-state index contributed by atoms with van der Waals surface area (Å²) in [6, 6.07) is 0. The number of ether oxygens (including phenoxy) is 1. The molecule has 2 nitrogen and oxygen atoms in total. The zero-order valence-corrected chi connectivity index (χ0v) is 8.09. The van der Waals surface area contributed by atoms with Gasteiger partial charge in [-0.2, -0.15) is 0 Å². The molecule has 0 fully saturated rings. The topological polar surface area (TPSA) is 29.5 Å². The van der Waals surface area contributed by atoms with Crippen molar-refractivity contribution >= 4 is 0 Å². The van der Waals surface area contributed by atoms with E-state index in [4.69, 9.17) is 9.84 Å². The third-order valence-corrected chi connectivity index (χ3v) is 1.71. The Bertz CT molecular complexity index is 64.2. The van der Waals surface area contributed by atoms with Gasteiger partial charge in [0.2, 0.25) is 0 Å². The second kappa shape index (κ2) is 10.9. The largest absolute Gasteiger partial charge is 0.396 e. The minimum Gasteiger partial charge on any atom is -0.396 e. The van der Waals surface area contributed by atoms with Crippen LogP contribution in [0.25, 0.3) is 0 Å². The zero-order valence-electron chi connectivity index (χ0n) is 8.09. The van der Waals surface area contributed by atoms with Crippen molar-refractivity contribution in [3.63, 3.8) is 0 Å². The quantitative estimate of drug-likeness (QED) is 0.543. The lowest BCUT2D eigenvalue weighted by atomic mass is 10.2. The fourth-order valence-electron chi connectivity index (χ4n) is 0.942. The summed E-state index contributed by atoms with van der Waals surface area (Å²) in [5.41, 5.74) is 0. The highest BCUT2D eigenvalue weighted by molar-refractivity contribution is 4.51. The molecule has 0 unspecified atom stereocenters. The lowest BCUT2D eigenvalue weighted by molar-refractivity contribution is 0.182. The molecule has 12 heavy (non-hydrogen) atoms. The molecule has 0 aromatic carbocycles. The molecule has 1 N–H and O–H groups in total. The summed E-state index contributed by atoms with van der Waals surface area (Å²) in [4.78, 5) is 0. The number of rotatable bonds is 9. The Labute approximate surface area is 75.9 Å². The van der Waals surface area contributed by atoms with E-state index in [-0.39, 0.29) is 0 Å². The number of hydrogen-bond donors (Lipinski definition) is 1. The first-order chi connectivity index (χ1) is 5.91. The van der Waals surface area contributed by atoms with Crippen LogP contribution in [-0.4, -0.2) is 18.3 Å². The van der Waals surface area contributed by atoms with Crippen molar-refractivity contribution in [1.29, 1.82) is 0 Å². The molecule has 73 valence electrons. The van der Waals surface area contributed by atoms with Crippen LogP contribution in [0.4, 0.5) is 0 Å². The second-order valence-corrected chi connectivity index (χ2v) is 2.96. The fourth-order valence-corrected chi connectivity index (χ4v) is 0.942. The number of aliphatic hydroxyl groups excluding tert-OH is 1. The molecule has 0 saturated heterocycles. The molecule has 0 amide bonds. The van der Waals surface area contributed by atoms with Gasteiger partial charge in [-0.3, -0.25) is 0 Å². The monoisotopic (exact) mass is 173 g/mol. The Morgan fingerprint density at radius 1 is 1.17 bits per heavy atom. The second-order valence-electron chi connectivity index (χ2n) is 2.96. The molecule has 0 aliphatic rings. The van der Waals surface area contributed by atoms with Gasteiger partial charge in [0.15, 0.2) is 0 Å². The minimum absolute atomic E-state index is 0.295. The Morgan fingerprint density at radius 2 is 2.00 bits per heavy atom. The summed E-state index contributed by atoms with van der Waals surface area (Å²) in [6.45, 7) is 5.20. The van der Waals surface area contributed by atoms with Gasteiger partial charge in [-0.1, -0.05) is 19.8 Å². The van der Waals surface area contributed by atoms with Crippen LogP contribution >= 0.6 is 0 Å². The van der Waals surface area contributed by atoms with Crippen molar-refractivity contribution in [2.75, 3.05) is 13.2 Å². The molecule has 0 rings (SSSR count). The first-order valence-electron chi connectivity index (χ1n) is 4.96. The lowest BCUT2D eigenvalue weighted by Gasteiger charge is -2.01. The van der Waals surface area contributed by atoms with Crippen molar-refractivity contribution in [2.45, 2.75) is 45.4 Å². The van der Waals surface area contributed by atoms with Crippen LogP contribution in [0.1, 0.15) is 45.4 Å². The average Bonchev–Trinajstić information content (AvgIpc) is 2.10. The van der Waals surface area contributed by atoms with Crippen LogP contribution in [-0.2, 0) is 4.74 Å². The molecule has 0 bridgehead atoms. The summed E-state index contributed by atoms with van der Waals surface area (Å²) >= 11 is 0. The van der Waals surface area contributed by atoms with Crippen LogP contribution < -0.4 is 0 Å². The van der Waals surface area contributed by atoms with Crippen molar-refractivity contribution in [1.82, 2.24) is 0 Å². The average molecular weight is 173 g/mol. The summed E-state index contributed by atoms with van der Waals surface area (Å²) in [5, 5.41) is 8.48. The zero-order chi connectivity index (χ0) is 9.07. The number of unbranched alkanes of at least 4 members (excludes halogenated alkanes) is 4. The molecule has 0 spiro atoms. The van der Waals surface area contributed by atoms with E-state index in [1.807, 2.05) is 6.61 Å². The third kappa shape index (κ3) is 9.92. The molecule has 0 atom stereocenters. The molecule has 2 heteroatoms. The Hall–Kier alpha value is -0.0800. The van der Waals surface area contributed by atoms with Gasteiger partial charge in [0.05, 0.1) is 6.61 Å². The van der Waals surface area contributed by atoms with Gasteiger partial charge in [-0.25, -0.2) is 0 Å². The van der Waals surface area contributed by atoms with E-state index >= 15 is 0 Å². The van der Waals surface area contributed by atoms with Crippen molar-refractivity contribution in [3.05, 3.63) is 6.61 Å². The maximum Gasteiger partial charge on any atom is 0.0836 e. The van der Waals surface area contributed by atoms with E-state index in [1.54, 1.807) is 0 Å². The van der Waals surface area contributed by atoms with Crippen LogP contribution in [0.5, 0.6) is 0 Å². The van der Waals surface area contributed by atoms with Crippen LogP contribution in [0.2, 0.25) is 0 Å². The Balaban J connectivity index is 2.73. The number of aliphatic hydroxyl groups is 1. The minimum atomic E-state index is 0.295. The van der Waals surface area contributed by atoms with E-state index in [0.717, 1.165) is 32.3 Å². The van der Waals surface area contributed by atoms with E-state index in [1.165, 1.54) is 12.8 Å². The van der Waals surface area contributed by atoms with Crippen molar-refractivity contribution in [3.8, 4) is 0 Å². The van der Waals surface area contributed by atoms with Crippen LogP contribution in [0.15, 0.2) is 0 Å². The summed E-state index contributed by atoms with van der Waals surface area (Å²) in [5.74, 6) is 0. The van der Waals surface area contributed by atoms with Gasteiger partial charge in [-0.15, -0.1) is 0 Å². The molecule has 1 radical (unpaired) electrons. The number of hydrogen-bond acceptors (Lipinski definition) is 2. The van der Waals surface area contributed by atoms with Gasteiger partial charge < -0.3 is 9.84 Å². The van der Waals surface area contributed by atoms with Gasteiger partial charge in [-0.05, 0) is 25.7 Å². The highest BCUT2D eigenvalue weighted by Gasteiger charge is 1.90. The summed E-state index contributed by atoms with van der Waals surface area (Å²) < 4.78 is 5.28. The van der Waals surface area contributed by atoms with Crippen LogP contribution in [0.3, 0.4) is 0 Å². The predicted octanol–water partition coefficient (Wildman–Crippen LogP) is 2.52. The predicted molar refractivity (Wildman–Crippen MR) is 50.7 cm³/mol. The maximum absolute atomic E-state index is 8.48. The fraction of sp³-hybridized carbons (Fsp3) is 0.900. The van der Waals surface area contributed by atoms with Crippen LogP contribution in [0, 0.1) is 6.61 Å². The lowest BCUT2D eigenvalue weighted by Crippen LogP contribution is -1.92. The Kier molecular flexibility index (Phi) is 10.8. The highest BCUT2D eigenvalue weighted by atomic mass is 16.5. The molecular weight excluding hydrogens is 152 g/mol. The van der Waals surface area contributed by atoms with Gasteiger partial charge >= 0.3 is 0 Å². The van der Waals surface area contributed by atoms with Gasteiger partial charge in [0.1, 0.15) is 0 Å². The van der Waals surface area contributed by atoms with Gasteiger partial charge in [0, 0.05) is 13.2 Å². The van der Waals surface area contributed by atoms with E-state index in [9.17, 15) is 0 Å². The smallest absolute Gasteiger partial charge is 0.0836 e. The first kappa shape index (κ1) is 11.9. The molecule has 0 aromatic rings. The third-order valence-electron chi connectivity index (χ3n) is 1.71. The molecule has 0 aliphatic heterocycles. The summed E-state index contributed by atoms with van der Waals surface area (Å²) in [6.07, 6.45) is 6.54. The SMILES string of the molecule is CCCCCO[CH]CCCCO. The standard InChI is InChI=1S/C10H21O2/c1-2-3-6-9-12-10-7-4-5-8-11/h10-11H,2-9H2,1H3. The highest BCUT2D eigenvalue weighted by Crippen LogP contribution is 2.01.